The van der Waals surface area contributed by atoms with Crippen LogP contribution in [0.15, 0.2) is 42.5 Å². The Morgan fingerprint density at radius 3 is 2.31 bits per heavy atom. The normalized spacial score (nSPS) is 11.8. The van der Waals surface area contributed by atoms with E-state index < -0.39 is 0 Å². The van der Waals surface area contributed by atoms with Crippen molar-refractivity contribution in [1.29, 1.82) is 0 Å². The molecule has 2 aromatic carbocycles. The van der Waals surface area contributed by atoms with E-state index in [1.165, 1.54) is 4.90 Å². The van der Waals surface area contributed by atoms with Crippen LogP contribution in [0.1, 0.15) is 41.7 Å². The van der Waals surface area contributed by atoms with Crippen molar-refractivity contribution in [2.45, 2.75) is 25.8 Å². The Morgan fingerprint density at radius 1 is 1.03 bits per heavy atom. The van der Waals surface area contributed by atoms with Gasteiger partial charge in [0.15, 0.2) is 11.5 Å². The molecule has 0 aliphatic heterocycles. The predicted octanol–water partition coefficient (Wildman–Crippen LogP) is 2.50. The fourth-order valence-electron chi connectivity index (χ4n) is 3.06. The number of likely N-dealkylation sites (N-methyl/N-ethyl adjacent to an activating group) is 1. The third-order valence-electron chi connectivity index (χ3n) is 4.86. The quantitative estimate of drug-likeness (QED) is 0.568. The standard InChI is InChI=1S/C23H32N2O4/c1-6-7-14-29-19-11-8-17(9-12-19)23(26)24-16-20(25(2)3)18-10-13-21(27-4)22(15-18)28-5/h8-13,15,20H,6-7,14,16H2,1-5H3,(H,24,26)/p+1/t20-/m1/s1. The number of amides is 1. The summed E-state index contributed by atoms with van der Waals surface area (Å²) in [5, 5.41) is 3.04. The van der Waals surface area contributed by atoms with Crippen molar-refractivity contribution in [2.75, 3.05) is 41.5 Å². The summed E-state index contributed by atoms with van der Waals surface area (Å²) in [6.45, 7) is 3.33. The molecule has 1 atom stereocenters. The Kier molecular flexibility index (Phi) is 8.80. The third-order valence-corrected chi connectivity index (χ3v) is 4.86. The van der Waals surface area contributed by atoms with Crippen molar-refractivity contribution in [3.05, 3.63) is 53.6 Å². The SMILES string of the molecule is CCCCOc1ccc(C(=O)NC[C@H](c2ccc(OC)c(OC)c2)[NH+](C)C)cc1. The van der Waals surface area contributed by atoms with Gasteiger partial charge in [0, 0.05) is 11.1 Å². The summed E-state index contributed by atoms with van der Waals surface area (Å²) in [6, 6.07) is 13.2. The van der Waals surface area contributed by atoms with Crippen LogP contribution in [-0.2, 0) is 0 Å². The molecule has 0 aliphatic rings. The monoisotopic (exact) mass is 401 g/mol. The maximum atomic E-state index is 12.6. The van der Waals surface area contributed by atoms with Crippen LogP contribution in [0.3, 0.4) is 0 Å². The largest absolute Gasteiger partial charge is 0.494 e. The summed E-state index contributed by atoms with van der Waals surface area (Å²) in [4.78, 5) is 13.8. The summed E-state index contributed by atoms with van der Waals surface area (Å²) in [6.07, 6.45) is 2.11. The highest BCUT2D eigenvalue weighted by molar-refractivity contribution is 5.94. The summed E-state index contributed by atoms with van der Waals surface area (Å²) in [7, 11) is 7.37. The van der Waals surface area contributed by atoms with Gasteiger partial charge in [-0.3, -0.25) is 4.79 Å². The molecule has 2 aromatic rings. The van der Waals surface area contributed by atoms with Crippen LogP contribution in [-0.4, -0.2) is 47.4 Å². The first-order valence-electron chi connectivity index (χ1n) is 10.0. The minimum absolute atomic E-state index is 0.0791. The summed E-state index contributed by atoms with van der Waals surface area (Å²) in [5.41, 5.74) is 1.69. The maximum Gasteiger partial charge on any atom is 0.251 e. The van der Waals surface area contributed by atoms with Gasteiger partial charge in [-0.1, -0.05) is 13.3 Å². The highest BCUT2D eigenvalue weighted by atomic mass is 16.5. The molecule has 6 heteroatoms. The van der Waals surface area contributed by atoms with Crippen molar-refractivity contribution in [2.24, 2.45) is 0 Å². The number of quaternary nitrogens is 1. The molecule has 0 bridgehead atoms. The number of carbonyl (C=O) groups excluding carboxylic acids is 1. The molecule has 0 aromatic heterocycles. The van der Waals surface area contributed by atoms with E-state index in [0.29, 0.717) is 30.2 Å². The molecule has 0 aliphatic carbocycles. The van der Waals surface area contributed by atoms with Gasteiger partial charge in [0.25, 0.3) is 5.91 Å². The van der Waals surface area contributed by atoms with Crippen molar-refractivity contribution in [3.63, 3.8) is 0 Å². The van der Waals surface area contributed by atoms with E-state index in [9.17, 15) is 4.79 Å². The molecule has 0 saturated carbocycles. The Bertz CT molecular complexity index is 775. The number of rotatable bonds is 11. The smallest absolute Gasteiger partial charge is 0.251 e. The average molecular weight is 402 g/mol. The summed E-state index contributed by atoms with van der Waals surface area (Å²) < 4.78 is 16.4. The summed E-state index contributed by atoms with van der Waals surface area (Å²) in [5.74, 6) is 2.06. The van der Waals surface area contributed by atoms with E-state index in [0.717, 1.165) is 24.2 Å². The lowest BCUT2D eigenvalue weighted by Gasteiger charge is -2.23. The first kappa shape index (κ1) is 22.6. The number of unbranched alkanes of at least 4 members (excludes halogenated alkanes) is 1. The van der Waals surface area contributed by atoms with Crippen LogP contribution in [0.5, 0.6) is 17.2 Å². The Hall–Kier alpha value is -2.73. The number of benzene rings is 2. The minimum atomic E-state index is -0.100. The van der Waals surface area contributed by atoms with Gasteiger partial charge in [0.1, 0.15) is 11.8 Å². The average Bonchev–Trinajstić information content (AvgIpc) is 2.74. The lowest BCUT2D eigenvalue weighted by atomic mass is 10.0. The van der Waals surface area contributed by atoms with E-state index in [-0.39, 0.29) is 11.9 Å². The number of carbonyl (C=O) groups is 1. The zero-order chi connectivity index (χ0) is 21.2. The number of hydrogen-bond donors (Lipinski definition) is 2. The fourth-order valence-corrected chi connectivity index (χ4v) is 3.06. The first-order chi connectivity index (χ1) is 14.0. The van der Waals surface area contributed by atoms with Gasteiger partial charge in [0.2, 0.25) is 0 Å². The topological polar surface area (TPSA) is 61.2 Å². The molecule has 0 fully saturated rings. The van der Waals surface area contributed by atoms with Crippen molar-refractivity contribution < 1.29 is 23.9 Å². The van der Waals surface area contributed by atoms with E-state index in [2.05, 4.69) is 26.3 Å². The number of hydrogen-bond acceptors (Lipinski definition) is 4. The molecular weight excluding hydrogens is 368 g/mol. The van der Waals surface area contributed by atoms with Crippen LogP contribution < -0.4 is 24.4 Å². The third kappa shape index (κ3) is 6.39. The Balaban J connectivity index is 2.02. The zero-order valence-electron chi connectivity index (χ0n) is 18.1. The highest BCUT2D eigenvalue weighted by Gasteiger charge is 2.21. The fraction of sp³-hybridized carbons (Fsp3) is 0.435. The van der Waals surface area contributed by atoms with Gasteiger partial charge < -0.3 is 24.4 Å². The van der Waals surface area contributed by atoms with Gasteiger partial charge in [-0.25, -0.2) is 0 Å². The molecule has 1 amide bonds. The molecule has 158 valence electrons. The molecule has 0 unspecified atom stereocenters. The van der Waals surface area contributed by atoms with Crippen LogP contribution in [0.4, 0.5) is 0 Å². The lowest BCUT2D eigenvalue weighted by molar-refractivity contribution is -0.890. The lowest BCUT2D eigenvalue weighted by Crippen LogP contribution is -3.07. The van der Waals surface area contributed by atoms with E-state index in [1.807, 2.05) is 30.3 Å². The van der Waals surface area contributed by atoms with Crippen molar-refractivity contribution in [1.82, 2.24) is 5.32 Å². The second kappa shape index (κ2) is 11.3. The van der Waals surface area contributed by atoms with Crippen molar-refractivity contribution >= 4 is 5.91 Å². The van der Waals surface area contributed by atoms with Crippen LogP contribution in [0.2, 0.25) is 0 Å². The molecule has 29 heavy (non-hydrogen) atoms. The van der Waals surface area contributed by atoms with E-state index >= 15 is 0 Å². The Labute approximate surface area is 173 Å². The molecule has 0 saturated heterocycles. The minimum Gasteiger partial charge on any atom is -0.494 e. The molecule has 2 N–H and O–H groups in total. The van der Waals surface area contributed by atoms with Crippen molar-refractivity contribution in [3.8, 4) is 17.2 Å². The number of nitrogens with one attached hydrogen (secondary N) is 2. The first-order valence-corrected chi connectivity index (χ1v) is 10.0. The molecule has 0 spiro atoms. The van der Waals surface area contributed by atoms with E-state index in [1.54, 1.807) is 26.4 Å². The van der Waals surface area contributed by atoms with Gasteiger partial charge in [-0.2, -0.15) is 0 Å². The molecule has 0 radical (unpaired) electrons. The molecule has 6 nitrogen and oxygen atoms in total. The number of ether oxygens (including phenoxy) is 3. The number of methoxy groups -OCH3 is 2. The molecular formula is C23H33N2O4+. The highest BCUT2D eigenvalue weighted by Crippen LogP contribution is 2.29. The molecule has 0 heterocycles. The second-order valence-electron chi connectivity index (χ2n) is 7.18. The van der Waals surface area contributed by atoms with Gasteiger partial charge in [0.05, 0.1) is 41.5 Å². The second-order valence-corrected chi connectivity index (χ2v) is 7.18. The Morgan fingerprint density at radius 2 is 1.72 bits per heavy atom. The predicted molar refractivity (Wildman–Crippen MR) is 114 cm³/mol. The van der Waals surface area contributed by atoms with Gasteiger partial charge in [-0.15, -0.1) is 0 Å². The van der Waals surface area contributed by atoms with Crippen LogP contribution >= 0.6 is 0 Å². The zero-order valence-corrected chi connectivity index (χ0v) is 18.1. The van der Waals surface area contributed by atoms with E-state index in [4.69, 9.17) is 14.2 Å². The van der Waals surface area contributed by atoms with Gasteiger partial charge >= 0.3 is 0 Å². The van der Waals surface area contributed by atoms with Crippen LogP contribution in [0.25, 0.3) is 0 Å². The van der Waals surface area contributed by atoms with Gasteiger partial charge in [-0.05, 0) is 48.9 Å². The van der Waals surface area contributed by atoms with Crippen LogP contribution in [0, 0.1) is 0 Å². The summed E-state index contributed by atoms with van der Waals surface area (Å²) >= 11 is 0. The maximum absolute atomic E-state index is 12.6. The molecule has 2 rings (SSSR count).